The van der Waals surface area contributed by atoms with Crippen LogP contribution in [0.4, 0.5) is 64.7 Å². The number of urea groups is 4. The van der Waals surface area contributed by atoms with Gasteiger partial charge < -0.3 is 71.4 Å². The first kappa shape index (κ1) is 67.9. The van der Waals surface area contributed by atoms with E-state index in [2.05, 4.69) is 52.5 Å². The molecule has 0 saturated heterocycles. The normalized spacial score (nSPS) is 11.1. The Labute approximate surface area is 593 Å². The molecule has 0 spiro atoms. The van der Waals surface area contributed by atoms with Crippen LogP contribution in [0.2, 0.25) is 0 Å². The van der Waals surface area contributed by atoms with Gasteiger partial charge in [-0.2, -0.15) is 0 Å². The molecule has 104 heavy (non-hydrogen) atoms. The summed E-state index contributed by atoms with van der Waals surface area (Å²) in [5.74, 6) is -2.64. The molecule has 0 radical (unpaired) electrons. The van der Waals surface area contributed by atoms with Gasteiger partial charge in [-0.05, 0) is 121 Å². The fourth-order valence-corrected chi connectivity index (χ4v) is 12.2. The topological polar surface area (TPSA) is 327 Å². The second-order valence-electron chi connectivity index (χ2n) is 23.2. The van der Waals surface area contributed by atoms with Gasteiger partial charge >= 0.3 is 48.0 Å². The van der Waals surface area contributed by atoms with Gasteiger partial charge in [0.25, 0.3) is 0 Å². The smallest absolute Gasteiger partial charge is 0.339 e. The molecule has 2 aliphatic rings. The number of nitrogens with zero attached hydrogens (tertiary/aromatic N) is 2. The third-order valence-electron chi connectivity index (χ3n) is 16.9. The van der Waals surface area contributed by atoms with Gasteiger partial charge in [0.2, 0.25) is 0 Å². The molecule has 0 unspecified atom stereocenters. The first-order chi connectivity index (χ1) is 50.7. The third kappa shape index (κ3) is 14.3. The van der Waals surface area contributed by atoms with Crippen molar-refractivity contribution >= 4 is 140 Å². The standard InChI is InChI=1S/C80H62N12O12/c1-101-73(93)49-25-9-17-33-57(49)89-77(97)85-53-29-13-5-21-45(53)69-61-37-39-63(81-61)70(46-22-6-14-30-54(46)86-78(98)90-58-34-18-10-26-50(58)74(94)102-2)65-41-43-67(83-65)72(48-24-8-16-32-56(48)88-80(100)92-60-36-20-12-28-52(60)76(96)104-4)68-44-42-66(84-68)71(64-40-38-62(69)82-64)47-23-7-15-31-55(47)87-79(99)91-59-35-19-11-27-51(59)75(95)103-3/h5-44,81,84H,1-4H3,(H2,85,89,97)(H2,86,90,98)(H2,87,91,99)(H2,88,92,100). The van der Waals surface area contributed by atoms with E-state index < -0.39 is 48.0 Å². The fraction of sp³-hybridized carbons (Fsp3) is 0.0500. The van der Waals surface area contributed by atoms with Crippen molar-refractivity contribution in [2.75, 3.05) is 71.0 Å². The number of ether oxygens (including phenoxy) is 4. The Bertz CT molecular complexity index is 4900. The van der Waals surface area contributed by atoms with Crippen LogP contribution in [0, 0.1) is 0 Å². The lowest BCUT2D eigenvalue weighted by molar-refractivity contribution is 0.0593. The first-order valence-corrected chi connectivity index (χ1v) is 32.2. The van der Waals surface area contributed by atoms with Gasteiger partial charge in [-0.1, -0.05) is 121 Å². The molecule has 24 heteroatoms. The molecule has 0 atom stereocenters. The van der Waals surface area contributed by atoms with Crippen LogP contribution in [0.25, 0.3) is 90.9 Å². The molecule has 11 aromatic rings. The minimum absolute atomic E-state index is 0.123. The average molecular weight is 1380 g/mol. The number of para-hydroxylation sites is 8. The largest absolute Gasteiger partial charge is 0.465 e. The maximum atomic E-state index is 14.3. The number of nitrogens with one attached hydrogen (secondary N) is 10. The van der Waals surface area contributed by atoms with Crippen molar-refractivity contribution in [3.8, 4) is 44.5 Å². The number of fused-ring (bicyclic) bond motifs is 8. The molecular formula is C80H62N12O12. The highest BCUT2D eigenvalue weighted by Gasteiger charge is 2.26. The molecule has 8 aromatic carbocycles. The summed E-state index contributed by atoms with van der Waals surface area (Å²) in [5, 5.41) is 23.3. The van der Waals surface area contributed by atoms with E-state index in [1.807, 2.05) is 72.8 Å². The quantitative estimate of drug-likeness (QED) is 0.0318. The van der Waals surface area contributed by atoms with E-state index in [4.69, 9.17) is 28.9 Å². The van der Waals surface area contributed by atoms with E-state index in [0.717, 1.165) is 0 Å². The van der Waals surface area contributed by atoms with Crippen LogP contribution >= 0.6 is 0 Å². The van der Waals surface area contributed by atoms with E-state index in [0.29, 0.717) is 112 Å². The molecule has 514 valence electrons. The van der Waals surface area contributed by atoms with Gasteiger partial charge in [0, 0.05) is 66.6 Å². The molecule has 8 amide bonds. The highest BCUT2D eigenvalue weighted by atomic mass is 16.5. The molecule has 2 aliphatic heterocycles. The van der Waals surface area contributed by atoms with Gasteiger partial charge in [-0.15, -0.1) is 0 Å². The van der Waals surface area contributed by atoms with Crippen LogP contribution in [0.5, 0.6) is 0 Å². The Kier molecular flexibility index (Phi) is 19.7. The number of methoxy groups -OCH3 is 4. The third-order valence-corrected chi connectivity index (χ3v) is 16.9. The number of aromatic amines is 2. The SMILES string of the molecule is COC(=O)c1ccccc1NC(=O)Nc1ccccc1-c1c2nc(c(-c3ccccc3NC(=O)Nc3ccccc3C(=O)OC)c3ccc([nH]3)c(-c3ccccc3NC(=O)Nc3ccccc3C(=O)OC)c3nc(c(-c4ccccc4NC(=O)Nc4ccccc4C(=O)OC)c4ccc1[nH]4)C=C3)C=C2. The van der Waals surface area contributed by atoms with Crippen molar-refractivity contribution in [3.63, 3.8) is 0 Å². The Morgan fingerprint density at radius 2 is 0.433 bits per heavy atom. The van der Waals surface area contributed by atoms with Crippen molar-refractivity contribution < 1.29 is 57.3 Å². The van der Waals surface area contributed by atoms with Crippen LogP contribution in [0.1, 0.15) is 64.2 Å². The van der Waals surface area contributed by atoms with E-state index >= 15 is 0 Å². The van der Waals surface area contributed by atoms with Gasteiger partial charge in [-0.25, -0.2) is 48.3 Å². The Balaban J connectivity index is 1.06. The Morgan fingerprint density at radius 3 is 0.644 bits per heavy atom. The summed E-state index contributed by atoms with van der Waals surface area (Å²) >= 11 is 0. The van der Waals surface area contributed by atoms with E-state index in [1.54, 1.807) is 146 Å². The summed E-state index contributed by atoms with van der Waals surface area (Å²) < 4.78 is 20.1. The minimum atomic E-state index is -0.694. The van der Waals surface area contributed by atoms with Crippen molar-refractivity contribution in [1.82, 2.24) is 19.9 Å². The lowest BCUT2D eigenvalue weighted by atomic mass is 10.0. The zero-order chi connectivity index (χ0) is 72.4. The zero-order valence-corrected chi connectivity index (χ0v) is 55.9. The lowest BCUT2D eigenvalue weighted by Crippen LogP contribution is -2.21. The maximum absolute atomic E-state index is 14.3. The van der Waals surface area contributed by atoms with Gasteiger partial charge in [-0.3, -0.25) is 0 Å². The van der Waals surface area contributed by atoms with Crippen molar-refractivity contribution in [3.05, 3.63) is 263 Å². The Hall–Kier alpha value is -14.7. The molecule has 10 N–H and O–H groups in total. The summed E-state index contributed by atoms with van der Waals surface area (Å²) in [6.07, 6.45) is 7.29. The molecule has 3 aromatic heterocycles. The molecule has 13 rings (SSSR count). The number of hydrogen-bond donors (Lipinski definition) is 10. The molecule has 0 fully saturated rings. The number of carbonyl (C=O) groups is 8. The maximum Gasteiger partial charge on any atom is 0.339 e. The minimum Gasteiger partial charge on any atom is -0.465 e. The van der Waals surface area contributed by atoms with Crippen molar-refractivity contribution in [2.24, 2.45) is 0 Å². The van der Waals surface area contributed by atoms with E-state index in [-0.39, 0.29) is 45.0 Å². The number of hydrogen-bond acceptors (Lipinski definition) is 14. The average Bonchev–Trinajstić information content (AvgIpc) is 1.59. The summed E-state index contributed by atoms with van der Waals surface area (Å²) in [4.78, 5) is 127. The van der Waals surface area contributed by atoms with E-state index in [1.165, 1.54) is 52.7 Å². The monoisotopic (exact) mass is 1380 g/mol. The predicted molar refractivity (Wildman–Crippen MR) is 402 cm³/mol. The van der Waals surface area contributed by atoms with Crippen molar-refractivity contribution in [1.29, 1.82) is 0 Å². The molecule has 5 heterocycles. The van der Waals surface area contributed by atoms with E-state index in [9.17, 15) is 38.4 Å². The number of rotatable bonds is 16. The molecular weight excluding hydrogens is 1320 g/mol. The second kappa shape index (κ2) is 30.2. The number of anilines is 8. The Morgan fingerprint density at radius 1 is 0.250 bits per heavy atom. The van der Waals surface area contributed by atoms with Gasteiger partial charge in [0.1, 0.15) is 0 Å². The number of H-pyrrole nitrogens is 2. The summed E-state index contributed by atoms with van der Waals surface area (Å²) in [7, 11) is 4.98. The predicted octanol–water partition coefficient (Wildman–Crippen LogP) is 17.0. The van der Waals surface area contributed by atoms with Crippen LogP contribution in [-0.2, 0) is 18.9 Å². The molecule has 24 nitrogen and oxygen atoms in total. The number of amides is 8. The number of aromatic nitrogens is 4. The summed E-state index contributed by atoms with van der Waals surface area (Å²) in [6, 6.07) is 58.7. The highest BCUT2D eigenvalue weighted by Crippen LogP contribution is 2.44. The highest BCUT2D eigenvalue weighted by molar-refractivity contribution is 6.13. The fourth-order valence-electron chi connectivity index (χ4n) is 12.2. The number of esters is 4. The number of carbonyl (C=O) groups excluding carboxylic acids is 8. The second-order valence-corrected chi connectivity index (χ2v) is 23.2. The van der Waals surface area contributed by atoms with Gasteiger partial charge in [0.05, 0.1) is 119 Å². The molecule has 0 aliphatic carbocycles. The van der Waals surface area contributed by atoms with Crippen LogP contribution in [0.3, 0.4) is 0 Å². The van der Waals surface area contributed by atoms with Crippen LogP contribution in [0.15, 0.2) is 218 Å². The van der Waals surface area contributed by atoms with Gasteiger partial charge in [0.15, 0.2) is 0 Å². The summed E-state index contributed by atoms with van der Waals surface area (Å²) in [6.45, 7) is 0. The lowest BCUT2D eigenvalue weighted by Gasteiger charge is -2.15. The zero-order valence-electron chi connectivity index (χ0n) is 55.9. The van der Waals surface area contributed by atoms with Crippen molar-refractivity contribution in [2.45, 2.75) is 0 Å². The number of benzene rings is 8. The molecule has 0 saturated carbocycles. The first-order valence-electron chi connectivity index (χ1n) is 32.2. The van der Waals surface area contributed by atoms with Crippen LogP contribution in [-0.4, -0.2) is 96.4 Å². The molecule has 8 bridgehead atoms. The summed E-state index contributed by atoms with van der Waals surface area (Å²) in [5.41, 5.74) is 9.81. The van der Waals surface area contributed by atoms with Crippen LogP contribution < -0.4 is 42.5 Å².